The summed E-state index contributed by atoms with van der Waals surface area (Å²) in [5.74, 6) is -0.832. The Morgan fingerprint density at radius 2 is 0.930 bits per heavy atom. The maximum Gasteiger partial charge on any atom is 0.343 e. The van der Waals surface area contributed by atoms with Gasteiger partial charge in [0.1, 0.15) is 11.5 Å². The van der Waals surface area contributed by atoms with Crippen LogP contribution in [0.1, 0.15) is 46.4 Å². The van der Waals surface area contributed by atoms with Crippen LogP contribution in [0.25, 0.3) is 11.1 Å². The number of hydrogen-bond acceptors (Lipinski definition) is 9. The summed E-state index contributed by atoms with van der Waals surface area (Å²) in [6.45, 7) is 7.90. The van der Waals surface area contributed by atoms with Crippen LogP contribution in [0, 0.1) is 0 Å². The third-order valence-electron chi connectivity index (χ3n) is 6.01. The predicted molar refractivity (Wildman–Crippen MR) is 160 cm³/mol. The highest BCUT2D eigenvalue weighted by atomic mass is 16.5. The fraction of sp³-hybridized carbons (Fsp3) is 0.235. The molecule has 3 aromatic rings. The number of rotatable bonds is 17. The van der Waals surface area contributed by atoms with E-state index in [0.717, 1.165) is 23.3 Å². The Morgan fingerprint density at radius 1 is 0.512 bits per heavy atom. The molecule has 0 amide bonds. The quantitative estimate of drug-likeness (QED) is 0.0606. The van der Waals surface area contributed by atoms with Gasteiger partial charge in [-0.15, -0.1) is 0 Å². The van der Waals surface area contributed by atoms with Gasteiger partial charge in [0.15, 0.2) is 0 Å². The van der Waals surface area contributed by atoms with Gasteiger partial charge in [0.2, 0.25) is 0 Å². The first-order valence-electron chi connectivity index (χ1n) is 13.8. The van der Waals surface area contributed by atoms with Gasteiger partial charge in [-0.3, -0.25) is 0 Å². The summed E-state index contributed by atoms with van der Waals surface area (Å²) in [7, 11) is 0. The van der Waals surface area contributed by atoms with Crippen LogP contribution in [-0.4, -0.2) is 50.3 Å². The van der Waals surface area contributed by atoms with Crippen LogP contribution in [0.3, 0.4) is 0 Å². The van der Waals surface area contributed by atoms with Crippen LogP contribution in [0.2, 0.25) is 0 Å². The van der Waals surface area contributed by atoms with Gasteiger partial charge in [0, 0.05) is 12.2 Å². The van der Waals surface area contributed by atoms with Crippen molar-refractivity contribution >= 4 is 23.9 Å². The molecule has 0 spiro atoms. The maximum atomic E-state index is 12.6. The summed E-state index contributed by atoms with van der Waals surface area (Å²) in [4.78, 5) is 46.9. The number of hydrogen-bond donors (Lipinski definition) is 0. The molecule has 224 valence electrons. The molecule has 0 aliphatic heterocycles. The molecule has 9 heteroatoms. The number of esters is 4. The van der Waals surface area contributed by atoms with E-state index in [0.29, 0.717) is 61.5 Å². The first-order valence-corrected chi connectivity index (χ1v) is 13.8. The van der Waals surface area contributed by atoms with Gasteiger partial charge in [0.25, 0.3) is 0 Å². The zero-order chi connectivity index (χ0) is 30.9. The molecular formula is C34H34O9. The van der Waals surface area contributed by atoms with Crippen molar-refractivity contribution in [3.05, 3.63) is 109 Å². The highest BCUT2D eigenvalue weighted by molar-refractivity contribution is 5.91. The zero-order valence-corrected chi connectivity index (χ0v) is 23.8. The number of unbranched alkanes of at least 4 members (excludes halogenated alkanes) is 2. The molecule has 0 radical (unpaired) electrons. The molecule has 0 aliphatic carbocycles. The monoisotopic (exact) mass is 586 g/mol. The highest BCUT2D eigenvalue weighted by Gasteiger charge is 2.11. The second-order valence-electron chi connectivity index (χ2n) is 9.16. The predicted octanol–water partition coefficient (Wildman–Crippen LogP) is 6.13. The van der Waals surface area contributed by atoms with Crippen molar-refractivity contribution in [3.8, 4) is 22.6 Å². The molecule has 0 saturated heterocycles. The summed E-state index contributed by atoms with van der Waals surface area (Å²) in [5, 5.41) is 0. The minimum atomic E-state index is -0.496. The number of benzene rings is 3. The smallest absolute Gasteiger partial charge is 0.343 e. The van der Waals surface area contributed by atoms with Crippen LogP contribution >= 0.6 is 0 Å². The van der Waals surface area contributed by atoms with Gasteiger partial charge in [-0.2, -0.15) is 0 Å². The van der Waals surface area contributed by atoms with Gasteiger partial charge in [0.05, 0.1) is 37.6 Å². The lowest BCUT2D eigenvalue weighted by atomic mass is 10.0. The number of carbonyl (C=O) groups is 4. The van der Waals surface area contributed by atoms with E-state index in [9.17, 15) is 19.2 Å². The van der Waals surface area contributed by atoms with Gasteiger partial charge in [-0.05, 0) is 85.3 Å². The molecule has 3 aromatic carbocycles. The van der Waals surface area contributed by atoms with E-state index in [1.54, 1.807) is 48.5 Å². The average Bonchev–Trinajstić information content (AvgIpc) is 3.04. The SMILES string of the molecule is C=CC(=O)OCCCCOC(=O)c1ccc(-c2ccc(OC(=O)c3ccc(OCCCCOC(=O)C=C)cc3)cc2)cc1. The fourth-order valence-corrected chi connectivity index (χ4v) is 3.68. The summed E-state index contributed by atoms with van der Waals surface area (Å²) in [5.41, 5.74) is 2.57. The Morgan fingerprint density at radius 3 is 1.47 bits per heavy atom. The molecule has 0 saturated carbocycles. The van der Waals surface area contributed by atoms with E-state index in [1.165, 1.54) is 0 Å². The Labute approximate surface area is 250 Å². The molecule has 0 aliphatic rings. The topological polar surface area (TPSA) is 114 Å². The Hall–Kier alpha value is -5.18. The van der Waals surface area contributed by atoms with E-state index < -0.39 is 23.9 Å². The van der Waals surface area contributed by atoms with Gasteiger partial charge in [-0.1, -0.05) is 37.4 Å². The molecule has 0 atom stereocenters. The van der Waals surface area contributed by atoms with E-state index in [2.05, 4.69) is 13.2 Å². The van der Waals surface area contributed by atoms with Crippen LogP contribution in [0.4, 0.5) is 0 Å². The van der Waals surface area contributed by atoms with Crippen LogP contribution < -0.4 is 9.47 Å². The molecule has 0 unspecified atom stereocenters. The molecule has 43 heavy (non-hydrogen) atoms. The second kappa shape index (κ2) is 17.6. The van der Waals surface area contributed by atoms with Crippen LogP contribution in [-0.2, 0) is 23.8 Å². The average molecular weight is 587 g/mol. The van der Waals surface area contributed by atoms with Gasteiger partial charge in [-0.25, -0.2) is 19.2 Å². The van der Waals surface area contributed by atoms with Gasteiger partial charge < -0.3 is 23.7 Å². The third kappa shape index (κ3) is 11.3. The number of carbonyl (C=O) groups excluding carboxylic acids is 4. The van der Waals surface area contributed by atoms with E-state index in [1.807, 2.05) is 24.3 Å². The largest absolute Gasteiger partial charge is 0.494 e. The van der Waals surface area contributed by atoms with Crippen molar-refractivity contribution in [1.82, 2.24) is 0 Å². The molecule has 0 aromatic heterocycles. The molecular weight excluding hydrogens is 552 g/mol. The second-order valence-corrected chi connectivity index (χ2v) is 9.16. The molecule has 0 N–H and O–H groups in total. The Kier molecular flexibility index (Phi) is 13.2. The molecule has 0 bridgehead atoms. The van der Waals surface area contributed by atoms with Crippen molar-refractivity contribution in [2.75, 3.05) is 26.4 Å². The first-order chi connectivity index (χ1) is 20.9. The minimum absolute atomic E-state index is 0.225. The van der Waals surface area contributed by atoms with Crippen molar-refractivity contribution < 1.29 is 42.9 Å². The molecule has 0 heterocycles. The van der Waals surface area contributed by atoms with Crippen LogP contribution in [0.5, 0.6) is 11.5 Å². The van der Waals surface area contributed by atoms with Crippen LogP contribution in [0.15, 0.2) is 98.1 Å². The summed E-state index contributed by atoms with van der Waals surface area (Å²) in [6, 6.07) is 20.7. The lowest BCUT2D eigenvalue weighted by Gasteiger charge is -2.09. The number of ether oxygens (including phenoxy) is 5. The summed E-state index contributed by atoms with van der Waals surface area (Å²) < 4.78 is 26.2. The Balaban J connectivity index is 1.40. The van der Waals surface area contributed by atoms with Crippen molar-refractivity contribution in [2.24, 2.45) is 0 Å². The summed E-state index contributed by atoms with van der Waals surface area (Å²) in [6.07, 6.45) is 4.76. The highest BCUT2D eigenvalue weighted by Crippen LogP contribution is 2.24. The van der Waals surface area contributed by atoms with Crippen molar-refractivity contribution in [2.45, 2.75) is 25.7 Å². The van der Waals surface area contributed by atoms with E-state index in [4.69, 9.17) is 23.7 Å². The zero-order valence-electron chi connectivity index (χ0n) is 23.8. The van der Waals surface area contributed by atoms with E-state index in [-0.39, 0.29) is 13.2 Å². The minimum Gasteiger partial charge on any atom is -0.494 e. The lowest BCUT2D eigenvalue weighted by molar-refractivity contribution is -0.138. The maximum absolute atomic E-state index is 12.6. The standard InChI is InChI=1S/C34H34O9/c1-3-31(35)40-22-6-5-21-39-29-17-15-28(16-18-29)34(38)43-30-19-13-26(14-20-30)25-9-11-27(12-10-25)33(37)42-24-8-7-23-41-32(36)4-2/h3-4,9-20H,1-2,5-8,21-24H2. The van der Waals surface area contributed by atoms with Gasteiger partial charge >= 0.3 is 23.9 Å². The lowest BCUT2D eigenvalue weighted by Crippen LogP contribution is -2.08. The van der Waals surface area contributed by atoms with Crippen molar-refractivity contribution in [3.63, 3.8) is 0 Å². The third-order valence-corrected chi connectivity index (χ3v) is 6.01. The first kappa shape index (κ1) is 32.3. The van der Waals surface area contributed by atoms with E-state index >= 15 is 0 Å². The molecule has 9 nitrogen and oxygen atoms in total. The van der Waals surface area contributed by atoms with Crippen molar-refractivity contribution in [1.29, 1.82) is 0 Å². The normalized spacial score (nSPS) is 10.2. The Bertz CT molecular complexity index is 1370. The fourth-order valence-electron chi connectivity index (χ4n) is 3.68. The molecule has 3 rings (SSSR count). The summed E-state index contributed by atoms with van der Waals surface area (Å²) >= 11 is 0. The molecule has 0 fully saturated rings.